The van der Waals surface area contributed by atoms with Crippen molar-refractivity contribution in [1.29, 1.82) is 0 Å². The van der Waals surface area contributed by atoms with Crippen molar-refractivity contribution >= 4 is 27.9 Å². The number of sulfonamides is 1. The molecule has 10 heteroatoms. The SMILES string of the molecule is C=CCNC(=O)NC(=O)COC(=O)CCNS(=O)(=O)c1ccccc1. The van der Waals surface area contributed by atoms with Gasteiger partial charge in [-0.15, -0.1) is 6.58 Å². The average Bonchev–Trinajstić information content (AvgIpc) is 2.59. The molecule has 0 aliphatic heterocycles. The first kappa shape index (κ1) is 20.3. The molecule has 25 heavy (non-hydrogen) atoms. The predicted octanol–water partition coefficient (Wildman–Crippen LogP) is -0.0900. The number of carbonyl (C=O) groups excluding carboxylic acids is 3. The Morgan fingerprint density at radius 2 is 1.84 bits per heavy atom. The second-order valence-electron chi connectivity index (χ2n) is 4.67. The Kier molecular flexibility index (Phi) is 8.30. The molecule has 0 bridgehead atoms. The number of esters is 1. The minimum atomic E-state index is -3.71. The third-order valence-electron chi connectivity index (χ3n) is 2.70. The summed E-state index contributed by atoms with van der Waals surface area (Å²) >= 11 is 0. The quantitative estimate of drug-likeness (QED) is 0.412. The van der Waals surface area contributed by atoms with E-state index in [9.17, 15) is 22.8 Å². The maximum Gasteiger partial charge on any atom is 0.321 e. The summed E-state index contributed by atoms with van der Waals surface area (Å²) in [7, 11) is -3.71. The van der Waals surface area contributed by atoms with Crippen LogP contribution in [0.25, 0.3) is 0 Å². The fraction of sp³-hybridized carbons (Fsp3) is 0.267. The van der Waals surface area contributed by atoms with E-state index in [2.05, 4.69) is 21.4 Å². The molecule has 0 saturated heterocycles. The molecule has 0 fully saturated rings. The van der Waals surface area contributed by atoms with Gasteiger partial charge in [0, 0.05) is 13.1 Å². The van der Waals surface area contributed by atoms with E-state index < -0.39 is 34.5 Å². The number of rotatable bonds is 9. The lowest BCUT2D eigenvalue weighted by Crippen LogP contribution is -2.41. The summed E-state index contributed by atoms with van der Waals surface area (Å²) in [4.78, 5) is 34.1. The molecule has 0 radical (unpaired) electrons. The molecule has 0 aliphatic carbocycles. The Morgan fingerprint density at radius 3 is 2.48 bits per heavy atom. The first-order chi connectivity index (χ1) is 11.8. The van der Waals surface area contributed by atoms with E-state index in [-0.39, 0.29) is 24.4 Å². The maximum atomic E-state index is 11.9. The van der Waals surface area contributed by atoms with Crippen LogP contribution in [0.4, 0.5) is 4.79 Å². The van der Waals surface area contributed by atoms with Gasteiger partial charge in [0.15, 0.2) is 6.61 Å². The van der Waals surface area contributed by atoms with Crippen LogP contribution in [0.15, 0.2) is 47.9 Å². The molecule has 3 N–H and O–H groups in total. The van der Waals surface area contributed by atoms with Crippen molar-refractivity contribution in [2.75, 3.05) is 19.7 Å². The highest BCUT2D eigenvalue weighted by molar-refractivity contribution is 7.89. The number of amides is 3. The van der Waals surface area contributed by atoms with Crippen LogP contribution in [0.5, 0.6) is 0 Å². The Balaban J connectivity index is 2.28. The molecule has 0 spiro atoms. The van der Waals surface area contributed by atoms with Crippen molar-refractivity contribution < 1.29 is 27.5 Å². The molecule has 0 aromatic heterocycles. The van der Waals surface area contributed by atoms with E-state index in [0.717, 1.165) is 0 Å². The van der Waals surface area contributed by atoms with Crippen LogP contribution in [-0.2, 0) is 24.3 Å². The van der Waals surface area contributed by atoms with Crippen LogP contribution < -0.4 is 15.4 Å². The maximum absolute atomic E-state index is 11.9. The van der Waals surface area contributed by atoms with Gasteiger partial charge in [0.2, 0.25) is 10.0 Å². The van der Waals surface area contributed by atoms with Crippen molar-refractivity contribution in [2.45, 2.75) is 11.3 Å². The fourth-order valence-corrected chi connectivity index (χ4v) is 2.61. The first-order valence-electron chi connectivity index (χ1n) is 7.24. The Labute approximate surface area is 145 Å². The third kappa shape index (κ3) is 8.08. The molecule has 3 amide bonds. The summed E-state index contributed by atoms with van der Waals surface area (Å²) in [6, 6.07) is 6.93. The van der Waals surface area contributed by atoms with E-state index >= 15 is 0 Å². The van der Waals surface area contributed by atoms with Crippen LogP contribution in [0.3, 0.4) is 0 Å². The first-order valence-corrected chi connectivity index (χ1v) is 8.72. The van der Waals surface area contributed by atoms with E-state index in [0.29, 0.717) is 0 Å². The van der Waals surface area contributed by atoms with Crippen LogP contribution in [0.1, 0.15) is 6.42 Å². The van der Waals surface area contributed by atoms with E-state index in [4.69, 9.17) is 0 Å². The predicted molar refractivity (Wildman–Crippen MR) is 88.9 cm³/mol. The molecular weight excluding hydrogens is 350 g/mol. The summed E-state index contributed by atoms with van der Waals surface area (Å²) in [5, 5.41) is 4.26. The zero-order valence-corrected chi connectivity index (χ0v) is 14.2. The van der Waals surface area contributed by atoms with E-state index in [1.165, 1.54) is 18.2 Å². The van der Waals surface area contributed by atoms with Crippen LogP contribution in [0, 0.1) is 0 Å². The third-order valence-corrected chi connectivity index (χ3v) is 4.18. The van der Waals surface area contributed by atoms with Gasteiger partial charge >= 0.3 is 12.0 Å². The molecular formula is C15H19N3O6S. The highest BCUT2D eigenvalue weighted by Crippen LogP contribution is 2.06. The normalized spacial score (nSPS) is 10.6. The lowest BCUT2D eigenvalue weighted by molar-refractivity contribution is -0.148. The fourth-order valence-electron chi connectivity index (χ4n) is 1.56. The van der Waals surface area contributed by atoms with E-state index in [1.807, 2.05) is 5.32 Å². The number of urea groups is 1. The van der Waals surface area contributed by atoms with Crippen LogP contribution >= 0.6 is 0 Å². The van der Waals surface area contributed by atoms with Crippen molar-refractivity contribution in [3.05, 3.63) is 43.0 Å². The summed E-state index contributed by atoms with van der Waals surface area (Å²) in [6.07, 6.45) is 1.17. The molecule has 9 nitrogen and oxygen atoms in total. The molecule has 0 unspecified atom stereocenters. The van der Waals surface area contributed by atoms with E-state index in [1.54, 1.807) is 18.2 Å². The van der Waals surface area contributed by atoms with Gasteiger partial charge in [-0.05, 0) is 12.1 Å². The second kappa shape index (κ2) is 10.2. The van der Waals surface area contributed by atoms with Gasteiger partial charge in [0.05, 0.1) is 11.3 Å². The van der Waals surface area contributed by atoms with Gasteiger partial charge in [-0.25, -0.2) is 17.9 Å². The van der Waals surface area contributed by atoms with Gasteiger partial charge in [-0.3, -0.25) is 14.9 Å². The van der Waals surface area contributed by atoms with Crippen molar-refractivity contribution in [3.63, 3.8) is 0 Å². The lowest BCUT2D eigenvalue weighted by Gasteiger charge is -2.08. The molecule has 0 atom stereocenters. The minimum absolute atomic E-state index is 0.0771. The van der Waals surface area contributed by atoms with Gasteiger partial charge in [0.1, 0.15) is 0 Å². The number of nitrogens with one attached hydrogen (secondary N) is 3. The Morgan fingerprint density at radius 1 is 1.16 bits per heavy atom. The topological polar surface area (TPSA) is 131 Å². The number of hydrogen-bond acceptors (Lipinski definition) is 6. The molecule has 0 saturated carbocycles. The second-order valence-corrected chi connectivity index (χ2v) is 6.44. The van der Waals surface area contributed by atoms with Crippen LogP contribution in [-0.4, -0.2) is 46.0 Å². The summed E-state index contributed by atoms with van der Waals surface area (Å²) in [5.74, 6) is -1.59. The minimum Gasteiger partial charge on any atom is -0.456 e. The smallest absolute Gasteiger partial charge is 0.321 e. The molecule has 136 valence electrons. The number of carbonyl (C=O) groups is 3. The van der Waals surface area contributed by atoms with Crippen molar-refractivity contribution in [3.8, 4) is 0 Å². The summed E-state index contributed by atoms with van der Waals surface area (Å²) in [5.41, 5.74) is 0. The Bertz CT molecular complexity index is 718. The number of benzene rings is 1. The highest BCUT2D eigenvalue weighted by atomic mass is 32.2. The largest absolute Gasteiger partial charge is 0.456 e. The number of hydrogen-bond donors (Lipinski definition) is 3. The Hall–Kier alpha value is -2.72. The number of imide groups is 1. The van der Waals surface area contributed by atoms with Gasteiger partial charge in [-0.2, -0.15) is 0 Å². The van der Waals surface area contributed by atoms with Crippen molar-refractivity contribution in [1.82, 2.24) is 15.4 Å². The molecule has 1 aromatic carbocycles. The zero-order valence-electron chi connectivity index (χ0n) is 13.4. The van der Waals surface area contributed by atoms with Gasteiger partial charge in [0.25, 0.3) is 5.91 Å². The van der Waals surface area contributed by atoms with Gasteiger partial charge in [-0.1, -0.05) is 24.3 Å². The van der Waals surface area contributed by atoms with Crippen molar-refractivity contribution in [2.24, 2.45) is 0 Å². The lowest BCUT2D eigenvalue weighted by atomic mass is 10.4. The monoisotopic (exact) mass is 369 g/mol. The summed E-state index contributed by atoms with van der Waals surface area (Å²) in [6.45, 7) is 2.74. The number of ether oxygens (including phenoxy) is 1. The van der Waals surface area contributed by atoms with Crippen LogP contribution in [0.2, 0.25) is 0 Å². The molecule has 0 heterocycles. The molecule has 1 aromatic rings. The van der Waals surface area contributed by atoms with Gasteiger partial charge < -0.3 is 10.1 Å². The zero-order chi connectivity index (χ0) is 18.7. The molecule has 0 aliphatic rings. The average molecular weight is 369 g/mol. The summed E-state index contributed by atoms with van der Waals surface area (Å²) < 4.78 is 30.7. The molecule has 1 rings (SSSR count). The highest BCUT2D eigenvalue weighted by Gasteiger charge is 2.14. The standard InChI is InChI=1S/C15H19N3O6S/c1-2-9-16-15(21)18-13(19)11-24-14(20)8-10-17-25(22,23)12-6-4-3-5-7-12/h2-7,17H,1,8-11H2,(H2,16,18,19,21).